The van der Waals surface area contributed by atoms with Crippen LogP contribution in [0.5, 0.6) is 0 Å². The summed E-state index contributed by atoms with van der Waals surface area (Å²) in [6.07, 6.45) is -0.124. The van der Waals surface area contributed by atoms with Gasteiger partial charge >= 0.3 is 11.9 Å². The van der Waals surface area contributed by atoms with Crippen LogP contribution in [0.15, 0.2) is 60.7 Å². The molecule has 1 atom stereocenters. The van der Waals surface area contributed by atoms with E-state index in [1.165, 1.54) is 14.2 Å². The number of hydrogen-bond donors (Lipinski definition) is 0. The van der Waals surface area contributed by atoms with Gasteiger partial charge in [-0.1, -0.05) is 36.4 Å². The molecular formula is C21H24O6. The summed E-state index contributed by atoms with van der Waals surface area (Å²) >= 11 is 0. The number of rotatable bonds is 10. The fraction of sp³-hybridized carbons (Fsp3) is 0.333. The first-order valence-corrected chi connectivity index (χ1v) is 8.67. The summed E-state index contributed by atoms with van der Waals surface area (Å²) in [5.74, 6) is -0.936. The lowest BCUT2D eigenvalue weighted by Gasteiger charge is -2.20. The van der Waals surface area contributed by atoms with Crippen molar-refractivity contribution < 1.29 is 28.5 Å². The first-order chi connectivity index (χ1) is 13.1. The molecule has 0 saturated heterocycles. The second kappa shape index (κ2) is 11.1. The number of esters is 2. The molecule has 0 aliphatic carbocycles. The fourth-order valence-electron chi connectivity index (χ4n) is 2.45. The zero-order valence-electron chi connectivity index (χ0n) is 15.5. The zero-order chi connectivity index (χ0) is 19.5. The molecule has 0 heterocycles. The van der Waals surface area contributed by atoms with E-state index in [1.54, 1.807) is 48.5 Å². The number of carbonyl (C=O) groups excluding carboxylic acids is 2. The molecule has 144 valence electrons. The van der Waals surface area contributed by atoms with Gasteiger partial charge in [-0.2, -0.15) is 0 Å². The SMILES string of the molecule is COC(CC[C@H](COC(=O)c1ccccc1)OC(=O)c1ccccc1)OC. The molecule has 0 saturated carbocycles. The van der Waals surface area contributed by atoms with Crippen LogP contribution < -0.4 is 0 Å². The molecule has 27 heavy (non-hydrogen) atoms. The number of carbonyl (C=O) groups is 2. The van der Waals surface area contributed by atoms with Gasteiger partial charge in [-0.25, -0.2) is 9.59 Å². The molecule has 0 fully saturated rings. The van der Waals surface area contributed by atoms with Crippen molar-refractivity contribution >= 4 is 11.9 Å². The van der Waals surface area contributed by atoms with Crippen molar-refractivity contribution in [1.82, 2.24) is 0 Å². The summed E-state index contributed by atoms with van der Waals surface area (Å²) in [6, 6.07) is 17.3. The van der Waals surface area contributed by atoms with Crippen LogP contribution in [0.3, 0.4) is 0 Å². The molecule has 0 aliphatic heterocycles. The highest BCUT2D eigenvalue weighted by atomic mass is 16.7. The largest absolute Gasteiger partial charge is 0.458 e. The zero-order valence-corrected chi connectivity index (χ0v) is 15.5. The third-order valence-corrected chi connectivity index (χ3v) is 3.94. The first kappa shape index (κ1) is 20.6. The average Bonchev–Trinajstić information content (AvgIpc) is 2.73. The van der Waals surface area contributed by atoms with Gasteiger partial charge < -0.3 is 18.9 Å². The van der Waals surface area contributed by atoms with E-state index in [0.29, 0.717) is 24.0 Å². The van der Waals surface area contributed by atoms with Crippen LogP contribution in [-0.4, -0.2) is 45.2 Å². The van der Waals surface area contributed by atoms with E-state index < -0.39 is 24.3 Å². The Bertz CT molecular complexity index is 697. The maximum absolute atomic E-state index is 12.3. The molecule has 0 N–H and O–H groups in total. The van der Waals surface area contributed by atoms with Crippen LogP contribution in [0.1, 0.15) is 33.6 Å². The molecule has 0 amide bonds. The summed E-state index contributed by atoms with van der Waals surface area (Å²) in [5.41, 5.74) is 0.879. The third kappa shape index (κ3) is 6.84. The monoisotopic (exact) mass is 372 g/mol. The summed E-state index contributed by atoms with van der Waals surface area (Å²) in [7, 11) is 3.07. The first-order valence-electron chi connectivity index (χ1n) is 8.67. The normalized spacial score (nSPS) is 11.8. The van der Waals surface area contributed by atoms with Crippen LogP contribution in [0, 0.1) is 0 Å². The quantitative estimate of drug-likeness (QED) is 0.470. The van der Waals surface area contributed by atoms with Crippen LogP contribution >= 0.6 is 0 Å². The van der Waals surface area contributed by atoms with Gasteiger partial charge in [0.15, 0.2) is 6.29 Å². The highest BCUT2D eigenvalue weighted by Crippen LogP contribution is 2.13. The van der Waals surface area contributed by atoms with E-state index in [0.717, 1.165) is 0 Å². The maximum Gasteiger partial charge on any atom is 0.338 e. The predicted molar refractivity (Wildman–Crippen MR) is 99.4 cm³/mol. The summed E-state index contributed by atoms with van der Waals surface area (Å²) < 4.78 is 21.2. The average molecular weight is 372 g/mol. The van der Waals surface area contributed by atoms with Crippen LogP contribution in [0.25, 0.3) is 0 Å². The third-order valence-electron chi connectivity index (χ3n) is 3.94. The second-order valence-corrected chi connectivity index (χ2v) is 5.84. The number of benzene rings is 2. The Kier molecular flexibility index (Phi) is 8.48. The van der Waals surface area contributed by atoms with Crippen LogP contribution in [-0.2, 0) is 18.9 Å². The van der Waals surface area contributed by atoms with Gasteiger partial charge in [-0.05, 0) is 30.7 Å². The molecule has 2 aromatic rings. The smallest absolute Gasteiger partial charge is 0.338 e. The Morgan fingerprint density at radius 3 is 1.81 bits per heavy atom. The van der Waals surface area contributed by atoms with Crippen LogP contribution in [0.2, 0.25) is 0 Å². The molecule has 0 spiro atoms. The number of ether oxygens (including phenoxy) is 4. The minimum Gasteiger partial charge on any atom is -0.458 e. The van der Waals surface area contributed by atoms with Gasteiger partial charge in [0.25, 0.3) is 0 Å². The molecule has 6 heteroatoms. The van der Waals surface area contributed by atoms with Gasteiger partial charge in [-0.3, -0.25) is 0 Å². The van der Waals surface area contributed by atoms with Gasteiger partial charge in [-0.15, -0.1) is 0 Å². The predicted octanol–water partition coefficient (Wildman–Crippen LogP) is 3.47. The van der Waals surface area contributed by atoms with E-state index in [-0.39, 0.29) is 6.61 Å². The van der Waals surface area contributed by atoms with Crippen molar-refractivity contribution in [1.29, 1.82) is 0 Å². The highest BCUT2D eigenvalue weighted by molar-refractivity contribution is 5.90. The Morgan fingerprint density at radius 2 is 1.30 bits per heavy atom. The molecule has 0 aromatic heterocycles. The van der Waals surface area contributed by atoms with Gasteiger partial charge in [0, 0.05) is 20.6 Å². The lowest BCUT2D eigenvalue weighted by molar-refractivity contribution is -0.112. The van der Waals surface area contributed by atoms with Crippen molar-refractivity contribution in [3.05, 3.63) is 71.8 Å². The van der Waals surface area contributed by atoms with E-state index in [4.69, 9.17) is 18.9 Å². The minimum absolute atomic E-state index is 0.0492. The molecule has 0 aliphatic rings. The lowest BCUT2D eigenvalue weighted by Crippen LogP contribution is -2.27. The Balaban J connectivity index is 1.98. The Morgan fingerprint density at radius 1 is 0.778 bits per heavy atom. The molecule has 0 bridgehead atoms. The van der Waals surface area contributed by atoms with Gasteiger partial charge in [0.2, 0.25) is 0 Å². The summed E-state index contributed by atoms with van der Waals surface area (Å²) in [6.45, 7) is -0.0492. The van der Waals surface area contributed by atoms with E-state index in [9.17, 15) is 9.59 Å². The minimum atomic E-state index is -0.613. The number of hydrogen-bond acceptors (Lipinski definition) is 6. The van der Waals surface area contributed by atoms with Crippen molar-refractivity contribution in [2.75, 3.05) is 20.8 Å². The van der Waals surface area contributed by atoms with Gasteiger partial charge in [0.05, 0.1) is 11.1 Å². The standard InChI is InChI=1S/C21H24O6/c1-24-19(25-2)14-13-18(27-21(23)17-11-7-4-8-12-17)15-26-20(22)16-9-5-3-6-10-16/h3-12,18-19H,13-15H2,1-2H3/t18-/m1/s1. The Labute approximate surface area is 159 Å². The topological polar surface area (TPSA) is 71.1 Å². The molecular weight excluding hydrogens is 348 g/mol. The second-order valence-electron chi connectivity index (χ2n) is 5.84. The van der Waals surface area contributed by atoms with Crippen molar-refractivity contribution in [2.24, 2.45) is 0 Å². The maximum atomic E-state index is 12.3. The highest BCUT2D eigenvalue weighted by Gasteiger charge is 2.20. The Hall–Kier alpha value is -2.70. The lowest BCUT2D eigenvalue weighted by atomic mass is 10.2. The van der Waals surface area contributed by atoms with E-state index in [2.05, 4.69) is 0 Å². The molecule has 2 rings (SSSR count). The number of methoxy groups -OCH3 is 2. The molecule has 0 radical (unpaired) electrons. The summed E-state index contributed by atoms with van der Waals surface area (Å²) in [5, 5.41) is 0. The fourth-order valence-corrected chi connectivity index (χ4v) is 2.45. The van der Waals surface area contributed by atoms with Crippen LogP contribution in [0.4, 0.5) is 0 Å². The van der Waals surface area contributed by atoms with Gasteiger partial charge in [0.1, 0.15) is 12.7 Å². The van der Waals surface area contributed by atoms with E-state index in [1.807, 2.05) is 12.1 Å². The molecule has 6 nitrogen and oxygen atoms in total. The van der Waals surface area contributed by atoms with Crippen molar-refractivity contribution in [2.45, 2.75) is 25.2 Å². The van der Waals surface area contributed by atoms with Crippen molar-refractivity contribution in [3.63, 3.8) is 0 Å². The van der Waals surface area contributed by atoms with Crippen molar-refractivity contribution in [3.8, 4) is 0 Å². The molecule has 2 aromatic carbocycles. The van der Waals surface area contributed by atoms with E-state index >= 15 is 0 Å². The molecule has 0 unspecified atom stereocenters. The summed E-state index contributed by atoms with van der Waals surface area (Å²) in [4.78, 5) is 24.5.